The zero-order chi connectivity index (χ0) is 20.3. The lowest BCUT2D eigenvalue weighted by molar-refractivity contribution is -0.274. The van der Waals surface area contributed by atoms with Crippen LogP contribution in [0.5, 0.6) is 5.75 Å². The van der Waals surface area contributed by atoms with Crippen LogP contribution in [0.25, 0.3) is 11.3 Å². The van der Waals surface area contributed by atoms with Gasteiger partial charge in [0.15, 0.2) is 0 Å². The first-order chi connectivity index (χ1) is 13.2. The summed E-state index contributed by atoms with van der Waals surface area (Å²) in [5.41, 5.74) is 8.26. The van der Waals surface area contributed by atoms with E-state index in [0.717, 1.165) is 5.56 Å². The minimum absolute atomic E-state index is 0.319. The smallest absolute Gasteiger partial charge is 0.406 e. The van der Waals surface area contributed by atoms with E-state index in [1.165, 1.54) is 30.6 Å². The summed E-state index contributed by atoms with van der Waals surface area (Å²) >= 11 is 0. The summed E-state index contributed by atoms with van der Waals surface area (Å²) < 4.78 is 40.5. The van der Waals surface area contributed by atoms with Crippen molar-refractivity contribution in [3.63, 3.8) is 0 Å². The van der Waals surface area contributed by atoms with Crippen LogP contribution in [0.4, 0.5) is 24.7 Å². The summed E-state index contributed by atoms with van der Waals surface area (Å²) in [6.07, 6.45) is -3.40. The van der Waals surface area contributed by atoms with Crippen LogP contribution in [0.3, 0.4) is 0 Å². The molecule has 6 nitrogen and oxygen atoms in total. The van der Waals surface area contributed by atoms with E-state index < -0.39 is 12.3 Å². The van der Waals surface area contributed by atoms with E-state index in [2.05, 4.69) is 20.0 Å². The molecule has 0 unspecified atom stereocenters. The molecule has 0 aliphatic carbocycles. The third-order valence-corrected chi connectivity index (χ3v) is 3.90. The number of halogens is 3. The molecule has 0 aliphatic heterocycles. The molecule has 0 fully saturated rings. The first-order valence-corrected chi connectivity index (χ1v) is 8.07. The van der Waals surface area contributed by atoms with E-state index in [0.29, 0.717) is 28.3 Å². The molecule has 0 radical (unpaired) electrons. The Bertz CT molecular complexity index is 1000. The van der Waals surface area contributed by atoms with Crippen LogP contribution in [0.1, 0.15) is 15.9 Å². The summed E-state index contributed by atoms with van der Waals surface area (Å²) in [5.74, 6) is -0.424. The molecule has 3 N–H and O–H groups in total. The van der Waals surface area contributed by atoms with Gasteiger partial charge in [-0.05, 0) is 42.8 Å². The second-order valence-corrected chi connectivity index (χ2v) is 5.83. The van der Waals surface area contributed by atoms with Crippen LogP contribution in [-0.2, 0) is 0 Å². The molecule has 3 aromatic rings. The van der Waals surface area contributed by atoms with Gasteiger partial charge in [0.05, 0.1) is 5.69 Å². The monoisotopic (exact) mass is 388 g/mol. The Kier molecular flexibility index (Phi) is 5.16. The van der Waals surface area contributed by atoms with Crippen LogP contribution in [-0.4, -0.2) is 22.2 Å². The van der Waals surface area contributed by atoms with Gasteiger partial charge in [-0.1, -0.05) is 12.1 Å². The fraction of sp³-hybridized carbons (Fsp3) is 0.105. The van der Waals surface area contributed by atoms with Crippen molar-refractivity contribution in [1.29, 1.82) is 0 Å². The third kappa shape index (κ3) is 4.56. The number of ether oxygens (including phenoxy) is 1. The Labute approximate surface area is 158 Å². The van der Waals surface area contributed by atoms with E-state index in [9.17, 15) is 18.0 Å². The van der Waals surface area contributed by atoms with Crippen LogP contribution < -0.4 is 15.8 Å². The second kappa shape index (κ2) is 7.55. The van der Waals surface area contributed by atoms with Gasteiger partial charge >= 0.3 is 6.36 Å². The van der Waals surface area contributed by atoms with E-state index in [1.807, 2.05) is 0 Å². The number of anilines is 2. The number of amides is 1. The zero-order valence-electron chi connectivity index (χ0n) is 14.6. The number of aromatic nitrogens is 2. The van der Waals surface area contributed by atoms with Gasteiger partial charge in [0.2, 0.25) is 5.91 Å². The summed E-state index contributed by atoms with van der Waals surface area (Å²) in [6.45, 7) is 1.77. The van der Waals surface area contributed by atoms with Crippen molar-refractivity contribution in [2.24, 2.45) is 5.73 Å². The molecule has 3 rings (SSSR count). The number of alkyl halides is 3. The Morgan fingerprint density at radius 1 is 1.11 bits per heavy atom. The van der Waals surface area contributed by atoms with Crippen LogP contribution in [0.15, 0.2) is 54.9 Å². The molecule has 1 aromatic heterocycles. The normalized spacial score (nSPS) is 11.1. The SMILES string of the molecule is Cc1c(C(N)=O)cccc1-c1cc(Nc2ccc(OC(F)(F)F)cc2)ncn1. The molecule has 0 saturated carbocycles. The van der Waals surface area contributed by atoms with Crippen molar-refractivity contribution in [2.75, 3.05) is 5.32 Å². The van der Waals surface area contributed by atoms with Gasteiger partial charge in [0.25, 0.3) is 0 Å². The van der Waals surface area contributed by atoms with Crippen molar-refractivity contribution >= 4 is 17.4 Å². The first kappa shape index (κ1) is 19.2. The van der Waals surface area contributed by atoms with E-state index in [4.69, 9.17) is 5.73 Å². The highest BCUT2D eigenvalue weighted by Gasteiger charge is 2.30. The number of nitrogens with two attached hydrogens (primary N) is 1. The zero-order valence-corrected chi connectivity index (χ0v) is 14.6. The lowest BCUT2D eigenvalue weighted by atomic mass is 9.99. The Hall–Kier alpha value is -3.62. The average molecular weight is 388 g/mol. The van der Waals surface area contributed by atoms with Crippen molar-refractivity contribution in [3.05, 3.63) is 66.0 Å². The largest absolute Gasteiger partial charge is 0.573 e. The van der Waals surface area contributed by atoms with E-state index in [-0.39, 0.29) is 5.75 Å². The quantitative estimate of drug-likeness (QED) is 0.684. The van der Waals surface area contributed by atoms with Gasteiger partial charge in [0.1, 0.15) is 17.9 Å². The number of carbonyl (C=O) groups excluding carboxylic acids is 1. The Balaban J connectivity index is 1.83. The van der Waals surface area contributed by atoms with Crippen LogP contribution in [0.2, 0.25) is 0 Å². The van der Waals surface area contributed by atoms with Crippen LogP contribution >= 0.6 is 0 Å². The number of hydrogen-bond donors (Lipinski definition) is 2. The van der Waals surface area contributed by atoms with Gasteiger partial charge < -0.3 is 15.8 Å². The Morgan fingerprint density at radius 3 is 2.46 bits per heavy atom. The standard InChI is InChI=1S/C19H15F3N4O2/c1-11-14(3-2-4-15(11)18(23)27)16-9-17(25-10-24-16)26-12-5-7-13(8-6-12)28-19(20,21)22/h2-10H,1H3,(H2,23,27)(H,24,25,26). The van der Waals surface area contributed by atoms with Gasteiger partial charge in [-0.15, -0.1) is 13.2 Å². The lowest BCUT2D eigenvalue weighted by Gasteiger charge is -2.11. The van der Waals surface area contributed by atoms with Gasteiger partial charge in [-0.3, -0.25) is 4.79 Å². The van der Waals surface area contributed by atoms with Crippen molar-refractivity contribution in [1.82, 2.24) is 9.97 Å². The fourth-order valence-corrected chi connectivity index (χ4v) is 2.64. The minimum atomic E-state index is -4.74. The number of rotatable bonds is 5. The van der Waals surface area contributed by atoms with Gasteiger partial charge in [-0.25, -0.2) is 9.97 Å². The number of carbonyl (C=O) groups is 1. The highest BCUT2D eigenvalue weighted by atomic mass is 19.4. The topological polar surface area (TPSA) is 90.1 Å². The number of nitrogens with one attached hydrogen (secondary N) is 1. The third-order valence-electron chi connectivity index (χ3n) is 3.90. The predicted octanol–water partition coefficient (Wildman–Crippen LogP) is 4.19. The molecule has 1 heterocycles. The van der Waals surface area contributed by atoms with E-state index in [1.54, 1.807) is 31.2 Å². The number of primary amides is 1. The summed E-state index contributed by atoms with van der Waals surface area (Å²) in [5, 5.41) is 2.98. The molecule has 2 aromatic carbocycles. The fourth-order valence-electron chi connectivity index (χ4n) is 2.64. The maximum Gasteiger partial charge on any atom is 0.573 e. The molecule has 28 heavy (non-hydrogen) atoms. The van der Waals surface area contributed by atoms with E-state index >= 15 is 0 Å². The lowest BCUT2D eigenvalue weighted by Crippen LogP contribution is -2.16. The summed E-state index contributed by atoms with van der Waals surface area (Å²) in [6, 6.07) is 12.0. The number of benzene rings is 2. The van der Waals surface area contributed by atoms with Gasteiger partial charge in [0, 0.05) is 22.9 Å². The summed E-state index contributed by atoms with van der Waals surface area (Å²) in [7, 11) is 0. The van der Waals surface area contributed by atoms with Crippen molar-refractivity contribution < 1.29 is 22.7 Å². The molecule has 0 atom stereocenters. The summed E-state index contributed by atoms with van der Waals surface area (Å²) in [4.78, 5) is 19.8. The molecular formula is C19H15F3N4O2. The Morgan fingerprint density at radius 2 is 1.82 bits per heavy atom. The highest BCUT2D eigenvalue weighted by Crippen LogP contribution is 2.27. The first-order valence-electron chi connectivity index (χ1n) is 8.07. The molecule has 0 bridgehead atoms. The van der Waals surface area contributed by atoms with Crippen molar-refractivity contribution in [3.8, 4) is 17.0 Å². The predicted molar refractivity (Wildman–Crippen MR) is 97.1 cm³/mol. The molecule has 144 valence electrons. The molecule has 0 aliphatic rings. The maximum atomic E-state index is 12.2. The number of hydrogen-bond acceptors (Lipinski definition) is 5. The minimum Gasteiger partial charge on any atom is -0.406 e. The number of nitrogens with zero attached hydrogens (tertiary/aromatic N) is 2. The molecule has 9 heteroatoms. The molecule has 1 amide bonds. The van der Waals surface area contributed by atoms with Crippen LogP contribution in [0, 0.1) is 6.92 Å². The molecular weight excluding hydrogens is 373 g/mol. The molecule has 0 saturated heterocycles. The molecule has 0 spiro atoms. The highest BCUT2D eigenvalue weighted by molar-refractivity contribution is 5.96. The second-order valence-electron chi connectivity index (χ2n) is 5.83. The average Bonchev–Trinajstić information content (AvgIpc) is 2.62. The van der Waals surface area contributed by atoms with Crippen molar-refractivity contribution in [2.45, 2.75) is 13.3 Å². The maximum absolute atomic E-state index is 12.2. The van der Waals surface area contributed by atoms with Gasteiger partial charge in [-0.2, -0.15) is 0 Å².